The van der Waals surface area contributed by atoms with Crippen LogP contribution in [0, 0.1) is 0 Å². The number of amides is 1. The third kappa shape index (κ3) is 3.03. The highest BCUT2D eigenvalue weighted by atomic mass is 32.1. The zero-order valence-corrected chi connectivity index (χ0v) is 10.7. The monoisotopic (exact) mass is 259 g/mol. The molecular weight excluding hydrogens is 246 g/mol. The van der Waals surface area contributed by atoms with E-state index in [0.717, 1.165) is 10.1 Å². The second-order valence-electron chi connectivity index (χ2n) is 3.01. The van der Waals surface area contributed by atoms with E-state index in [1.54, 1.807) is 6.20 Å². The summed E-state index contributed by atoms with van der Waals surface area (Å²) in [6.45, 7) is 1.85. The van der Waals surface area contributed by atoms with Crippen LogP contribution in [0.2, 0.25) is 0 Å². The van der Waals surface area contributed by atoms with Crippen LogP contribution in [0.4, 0.5) is 4.79 Å². The molecule has 1 atom stereocenters. The second-order valence-corrected chi connectivity index (χ2v) is 3.80. The van der Waals surface area contributed by atoms with Crippen LogP contribution in [-0.2, 0) is 4.74 Å². The molecule has 1 heterocycles. The summed E-state index contributed by atoms with van der Waals surface area (Å²) in [6.07, 6.45) is 1.06. The molecule has 0 saturated heterocycles. The molecule has 0 bridgehead atoms. The van der Waals surface area contributed by atoms with Gasteiger partial charge in [-0.2, -0.15) is 4.41 Å². The number of carbonyl (C=O) groups is 1. The van der Waals surface area contributed by atoms with Crippen LogP contribution in [0.15, 0.2) is 24.4 Å². The Hall–Kier alpha value is -0.920. The van der Waals surface area contributed by atoms with E-state index in [0.29, 0.717) is 0 Å². The maximum Gasteiger partial charge on any atom is 0.435 e. The lowest BCUT2D eigenvalue weighted by Gasteiger charge is -2.28. The minimum Gasteiger partial charge on any atom is -0.451 e. The number of thiol groups is 2. The fraction of sp³-hybridized carbons (Fsp3) is 0.333. The number of hydrogen-bond acceptors (Lipinski definition) is 6. The van der Waals surface area contributed by atoms with Gasteiger partial charge >= 0.3 is 6.09 Å². The highest BCUT2D eigenvalue weighted by Crippen LogP contribution is 2.23. The topological polar surface area (TPSA) is 45.7 Å². The molecule has 1 aromatic heterocycles. The number of rotatable bonds is 3. The lowest BCUT2D eigenvalue weighted by molar-refractivity contribution is 0.0970. The Morgan fingerprint density at radius 1 is 1.50 bits per heavy atom. The van der Waals surface area contributed by atoms with Crippen molar-refractivity contribution >= 4 is 31.7 Å². The Bertz CT molecular complexity index is 350. The summed E-state index contributed by atoms with van der Waals surface area (Å²) >= 11 is 8.14. The lowest BCUT2D eigenvalue weighted by Crippen LogP contribution is -2.35. The minimum atomic E-state index is -0.610. The fourth-order valence-corrected chi connectivity index (χ4v) is 1.50. The highest BCUT2D eigenvalue weighted by molar-refractivity contribution is 7.81. The Kier molecular flexibility index (Phi) is 4.91. The molecule has 5 nitrogen and oxygen atoms in total. The van der Waals surface area contributed by atoms with Gasteiger partial charge in [0.2, 0.25) is 0 Å². The molecule has 16 heavy (non-hydrogen) atoms. The molecule has 0 aromatic carbocycles. The number of aromatic nitrogens is 1. The Balaban J connectivity index is 2.74. The van der Waals surface area contributed by atoms with Gasteiger partial charge in [0.05, 0.1) is 18.8 Å². The third-order valence-electron chi connectivity index (χ3n) is 1.99. The molecule has 0 spiro atoms. The molecule has 1 aromatic rings. The molecule has 7 heteroatoms. The van der Waals surface area contributed by atoms with Gasteiger partial charge in [-0.05, 0) is 31.9 Å². The van der Waals surface area contributed by atoms with E-state index in [9.17, 15) is 4.79 Å². The summed E-state index contributed by atoms with van der Waals surface area (Å²) < 4.78 is 6.82. The predicted molar refractivity (Wildman–Crippen MR) is 66.7 cm³/mol. The van der Waals surface area contributed by atoms with Gasteiger partial charge in [0.15, 0.2) is 0 Å². The highest BCUT2D eigenvalue weighted by Gasteiger charge is 2.23. The van der Waals surface area contributed by atoms with Crippen molar-refractivity contribution in [2.24, 2.45) is 0 Å². The summed E-state index contributed by atoms with van der Waals surface area (Å²) in [5, 5.41) is 0. The van der Waals surface area contributed by atoms with Crippen LogP contribution in [0.1, 0.15) is 18.7 Å². The molecule has 88 valence electrons. The van der Waals surface area contributed by atoms with Crippen LogP contribution in [0.3, 0.4) is 0 Å². The van der Waals surface area contributed by atoms with Crippen LogP contribution >= 0.6 is 25.6 Å². The van der Waals surface area contributed by atoms with Crippen molar-refractivity contribution in [2.45, 2.75) is 13.0 Å². The van der Waals surface area contributed by atoms with E-state index in [-0.39, 0.29) is 6.04 Å². The molecule has 0 fully saturated rings. The number of ether oxygens (including phenoxy) is 1. The average molecular weight is 259 g/mol. The first-order valence-electron chi connectivity index (χ1n) is 4.53. The van der Waals surface area contributed by atoms with Gasteiger partial charge in [-0.3, -0.25) is 4.98 Å². The maximum atomic E-state index is 11.2. The van der Waals surface area contributed by atoms with Crippen molar-refractivity contribution in [1.82, 2.24) is 13.8 Å². The van der Waals surface area contributed by atoms with Crippen molar-refractivity contribution in [3.63, 3.8) is 0 Å². The molecule has 0 aliphatic rings. The first kappa shape index (κ1) is 13.1. The number of carbonyl (C=O) groups excluding carboxylic acids is 1. The van der Waals surface area contributed by atoms with Crippen molar-refractivity contribution < 1.29 is 9.53 Å². The average Bonchev–Trinajstić information content (AvgIpc) is 2.36. The smallest absolute Gasteiger partial charge is 0.435 e. The fourth-order valence-electron chi connectivity index (χ4n) is 1.07. The lowest BCUT2D eigenvalue weighted by atomic mass is 10.2. The van der Waals surface area contributed by atoms with Crippen LogP contribution in [-0.4, -0.2) is 27.0 Å². The van der Waals surface area contributed by atoms with Gasteiger partial charge in [0.25, 0.3) is 0 Å². The Morgan fingerprint density at radius 2 is 2.19 bits per heavy atom. The van der Waals surface area contributed by atoms with E-state index in [2.05, 4.69) is 35.4 Å². The molecule has 0 N–H and O–H groups in total. The van der Waals surface area contributed by atoms with Crippen LogP contribution in [0.25, 0.3) is 0 Å². The number of nitrogens with zero attached hydrogens (tertiary/aromatic N) is 3. The molecule has 1 unspecified atom stereocenters. The predicted octanol–water partition coefficient (Wildman–Crippen LogP) is 2.12. The number of hydrogen-bond donors (Lipinski definition) is 2. The van der Waals surface area contributed by atoms with Gasteiger partial charge in [-0.25, -0.2) is 4.79 Å². The molecule has 0 aliphatic carbocycles. The largest absolute Gasteiger partial charge is 0.451 e. The standard InChI is InChI=1S/C9H13N3O2S2/c1-7(8-5-3-4-6-10-8)11(15)12(16)9(13)14-2/h3-7,15-16H,1-2H3. The van der Waals surface area contributed by atoms with Gasteiger partial charge in [-0.15, -0.1) is 4.41 Å². The molecule has 1 amide bonds. The van der Waals surface area contributed by atoms with Crippen molar-refractivity contribution in [1.29, 1.82) is 0 Å². The van der Waals surface area contributed by atoms with E-state index in [4.69, 9.17) is 0 Å². The number of hydrazine groups is 1. The van der Waals surface area contributed by atoms with Gasteiger partial charge in [0.1, 0.15) is 0 Å². The van der Waals surface area contributed by atoms with Crippen LogP contribution < -0.4 is 0 Å². The SMILES string of the molecule is COC(=O)N(S)N(S)C(C)c1ccccn1. The summed E-state index contributed by atoms with van der Waals surface area (Å²) in [6, 6.07) is 5.31. The third-order valence-corrected chi connectivity index (χ3v) is 3.02. The van der Waals surface area contributed by atoms with Gasteiger partial charge in [0, 0.05) is 6.20 Å². The summed E-state index contributed by atoms with van der Waals surface area (Å²) in [7, 11) is 1.28. The maximum absolute atomic E-state index is 11.2. The summed E-state index contributed by atoms with van der Waals surface area (Å²) in [4.78, 5) is 15.4. The zero-order valence-electron chi connectivity index (χ0n) is 8.94. The van der Waals surface area contributed by atoms with Crippen molar-refractivity contribution in [2.75, 3.05) is 7.11 Å². The molecular formula is C9H13N3O2S2. The first-order chi connectivity index (χ1) is 7.57. The van der Waals surface area contributed by atoms with Gasteiger partial charge < -0.3 is 4.74 Å². The number of methoxy groups -OCH3 is 1. The Labute approximate surface area is 105 Å². The second kappa shape index (κ2) is 5.97. The summed E-state index contributed by atoms with van der Waals surface area (Å²) in [5.41, 5.74) is 0.778. The van der Waals surface area contributed by atoms with E-state index >= 15 is 0 Å². The normalized spacial score (nSPS) is 12.3. The molecule has 0 radical (unpaired) electrons. The first-order valence-corrected chi connectivity index (χ1v) is 5.33. The van der Waals surface area contributed by atoms with Crippen molar-refractivity contribution in [3.8, 4) is 0 Å². The zero-order chi connectivity index (χ0) is 12.1. The van der Waals surface area contributed by atoms with Gasteiger partial charge in [-0.1, -0.05) is 18.9 Å². The summed E-state index contributed by atoms with van der Waals surface area (Å²) in [5.74, 6) is 0. The molecule has 0 aliphatic heterocycles. The van der Waals surface area contributed by atoms with E-state index < -0.39 is 6.09 Å². The number of pyridine rings is 1. The molecule has 0 saturated carbocycles. The van der Waals surface area contributed by atoms with E-state index in [1.165, 1.54) is 11.5 Å². The minimum absolute atomic E-state index is 0.207. The Morgan fingerprint density at radius 3 is 2.69 bits per heavy atom. The van der Waals surface area contributed by atoms with Crippen LogP contribution in [0.5, 0.6) is 0 Å². The molecule has 1 rings (SSSR count). The van der Waals surface area contributed by atoms with Crippen molar-refractivity contribution in [3.05, 3.63) is 30.1 Å². The van der Waals surface area contributed by atoms with E-state index in [1.807, 2.05) is 25.1 Å². The quantitative estimate of drug-likeness (QED) is 0.645.